The lowest BCUT2D eigenvalue weighted by Crippen LogP contribution is -2.37. The van der Waals surface area contributed by atoms with Crippen LogP contribution in [-0.4, -0.2) is 28.1 Å². The van der Waals surface area contributed by atoms with Gasteiger partial charge in [-0.1, -0.05) is 0 Å². The van der Waals surface area contributed by atoms with Crippen molar-refractivity contribution in [2.75, 3.05) is 6.61 Å². The summed E-state index contributed by atoms with van der Waals surface area (Å²) >= 11 is 5.69. The van der Waals surface area contributed by atoms with E-state index < -0.39 is 0 Å². The maximum Gasteiger partial charge on any atom is 0.287 e. The zero-order chi connectivity index (χ0) is 14.8. The molecule has 6 nitrogen and oxygen atoms in total. The largest absolute Gasteiger partial charge is 0.440 e. The fourth-order valence-corrected chi connectivity index (χ4v) is 2.66. The molecule has 7 heteroatoms. The number of rotatable bonds is 4. The summed E-state index contributed by atoms with van der Waals surface area (Å²) in [5, 5.41) is 3.12. The summed E-state index contributed by atoms with van der Waals surface area (Å²) in [6.07, 6.45) is 4.14. The van der Waals surface area contributed by atoms with Crippen LogP contribution >= 0.6 is 11.6 Å². The van der Waals surface area contributed by atoms with Crippen LogP contribution in [0.15, 0.2) is 28.9 Å². The standard InChI is InChI=1S/C14H16ClN3O3/c1-2-18-7-6-16-13(18)12-9(5-8-20-12)17-14(19)10-3-4-11(15)21-10/h3-4,6-7,9,12H,2,5,8H2,1H3,(H,17,19)/t9-,12-/m0/s1. The van der Waals surface area contributed by atoms with Gasteiger partial charge in [0.15, 0.2) is 11.0 Å². The Morgan fingerprint density at radius 3 is 3.14 bits per heavy atom. The quantitative estimate of drug-likeness (QED) is 0.941. The molecule has 0 aromatic carbocycles. The van der Waals surface area contributed by atoms with E-state index in [0.29, 0.717) is 6.61 Å². The molecule has 3 heterocycles. The average molecular weight is 310 g/mol. The van der Waals surface area contributed by atoms with Crippen LogP contribution < -0.4 is 5.32 Å². The van der Waals surface area contributed by atoms with Gasteiger partial charge in [0.1, 0.15) is 11.9 Å². The number of hydrogen-bond donors (Lipinski definition) is 1. The maximum absolute atomic E-state index is 12.1. The predicted octanol–water partition coefficient (Wildman–Crippen LogP) is 2.41. The Morgan fingerprint density at radius 1 is 1.57 bits per heavy atom. The van der Waals surface area contributed by atoms with Gasteiger partial charge in [-0.2, -0.15) is 0 Å². The van der Waals surface area contributed by atoms with E-state index in [9.17, 15) is 4.79 Å². The van der Waals surface area contributed by atoms with Crippen LogP contribution in [0.2, 0.25) is 5.22 Å². The Morgan fingerprint density at radius 2 is 2.43 bits per heavy atom. The summed E-state index contributed by atoms with van der Waals surface area (Å²) in [6, 6.07) is 2.97. The number of ether oxygens (including phenoxy) is 1. The molecule has 112 valence electrons. The zero-order valence-electron chi connectivity index (χ0n) is 11.6. The molecule has 0 spiro atoms. The van der Waals surface area contributed by atoms with Crippen molar-refractivity contribution in [2.24, 2.45) is 0 Å². The lowest BCUT2D eigenvalue weighted by atomic mass is 10.1. The summed E-state index contributed by atoms with van der Waals surface area (Å²) in [5.41, 5.74) is 0. The van der Waals surface area contributed by atoms with Gasteiger partial charge in [0, 0.05) is 25.5 Å². The van der Waals surface area contributed by atoms with Crippen molar-refractivity contribution in [3.63, 3.8) is 0 Å². The highest BCUT2D eigenvalue weighted by atomic mass is 35.5. The fraction of sp³-hybridized carbons (Fsp3) is 0.429. The molecule has 1 N–H and O–H groups in total. The molecule has 0 aliphatic carbocycles. The van der Waals surface area contributed by atoms with Crippen LogP contribution in [0.3, 0.4) is 0 Å². The molecule has 21 heavy (non-hydrogen) atoms. The summed E-state index contributed by atoms with van der Waals surface area (Å²) in [4.78, 5) is 16.5. The monoisotopic (exact) mass is 309 g/mol. The van der Waals surface area contributed by atoms with Gasteiger partial charge in [0.2, 0.25) is 0 Å². The van der Waals surface area contributed by atoms with Gasteiger partial charge < -0.3 is 19.0 Å². The van der Waals surface area contributed by atoms with Gasteiger partial charge in [0.25, 0.3) is 5.91 Å². The molecule has 0 bridgehead atoms. The second-order valence-electron chi connectivity index (χ2n) is 4.84. The Labute approximate surface area is 127 Å². The van der Waals surface area contributed by atoms with Crippen molar-refractivity contribution < 1.29 is 13.9 Å². The maximum atomic E-state index is 12.1. The number of halogens is 1. The molecule has 2 aromatic heterocycles. The third-order valence-electron chi connectivity index (χ3n) is 3.55. The molecule has 1 aliphatic rings. The van der Waals surface area contributed by atoms with E-state index in [-0.39, 0.29) is 29.0 Å². The number of nitrogens with one attached hydrogen (secondary N) is 1. The van der Waals surface area contributed by atoms with E-state index in [0.717, 1.165) is 18.8 Å². The van der Waals surface area contributed by atoms with Crippen LogP contribution in [0.1, 0.15) is 35.8 Å². The molecule has 2 aromatic rings. The number of carbonyl (C=O) groups is 1. The van der Waals surface area contributed by atoms with Crippen LogP contribution in [0.4, 0.5) is 0 Å². The number of furan rings is 1. The lowest BCUT2D eigenvalue weighted by molar-refractivity contribution is 0.0759. The van der Waals surface area contributed by atoms with E-state index in [1.165, 1.54) is 0 Å². The molecule has 3 rings (SSSR count). The molecule has 1 amide bonds. The molecule has 2 atom stereocenters. The number of imidazole rings is 1. The molecule has 1 aliphatic heterocycles. The number of hydrogen-bond acceptors (Lipinski definition) is 4. The first-order valence-corrected chi connectivity index (χ1v) is 7.25. The first-order valence-electron chi connectivity index (χ1n) is 6.88. The second-order valence-corrected chi connectivity index (χ2v) is 5.21. The van der Waals surface area contributed by atoms with Crippen molar-refractivity contribution in [3.05, 3.63) is 41.3 Å². The van der Waals surface area contributed by atoms with Crippen LogP contribution in [-0.2, 0) is 11.3 Å². The first-order chi connectivity index (χ1) is 10.2. The molecular formula is C14H16ClN3O3. The molecule has 0 unspecified atom stereocenters. The Bertz CT molecular complexity index is 637. The van der Waals surface area contributed by atoms with E-state index >= 15 is 0 Å². The Balaban J connectivity index is 1.74. The first kappa shape index (κ1) is 14.2. The Hall–Kier alpha value is -1.79. The summed E-state index contributed by atoms with van der Waals surface area (Å²) in [5.74, 6) is 0.735. The minimum atomic E-state index is -0.294. The SMILES string of the molecule is CCn1ccnc1[C@H]1OCC[C@@H]1NC(=O)c1ccc(Cl)o1. The minimum absolute atomic E-state index is 0.130. The third kappa shape index (κ3) is 2.82. The number of carbonyl (C=O) groups excluding carboxylic acids is 1. The van der Waals surface area contributed by atoms with Crippen molar-refractivity contribution in [1.82, 2.24) is 14.9 Å². The summed E-state index contributed by atoms with van der Waals surface area (Å²) in [7, 11) is 0. The van der Waals surface area contributed by atoms with Crippen LogP contribution in [0.25, 0.3) is 0 Å². The summed E-state index contributed by atoms with van der Waals surface area (Å²) < 4.78 is 12.9. The highest BCUT2D eigenvalue weighted by Crippen LogP contribution is 2.28. The van der Waals surface area contributed by atoms with Crippen molar-refractivity contribution >= 4 is 17.5 Å². The van der Waals surface area contributed by atoms with E-state index in [1.54, 1.807) is 18.3 Å². The molecular weight excluding hydrogens is 294 g/mol. The highest BCUT2D eigenvalue weighted by Gasteiger charge is 2.34. The number of nitrogens with zero attached hydrogens (tertiary/aromatic N) is 2. The second kappa shape index (κ2) is 5.91. The third-order valence-corrected chi connectivity index (χ3v) is 3.75. The van der Waals surface area contributed by atoms with Crippen molar-refractivity contribution in [1.29, 1.82) is 0 Å². The minimum Gasteiger partial charge on any atom is -0.440 e. The lowest BCUT2D eigenvalue weighted by Gasteiger charge is -2.19. The van der Waals surface area contributed by atoms with Gasteiger partial charge in [-0.15, -0.1) is 0 Å². The van der Waals surface area contributed by atoms with E-state index in [1.807, 2.05) is 17.7 Å². The smallest absolute Gasteiger partial charge is 0.287 e. The van der Waals surface area contributed by atoms with Crippen molar-refractivity contribution in [2.45, 2.75) is 32.0 Å². The topological polar surface area (TPSA) is 69.3 Å². The normalized spacial score (nSPS) is 21.6. The molecule has 0 radical (unpaired) electrons. The Kier molecular flexibility index (Phi) is 3.98. The van der Waals surface area contributed by atoms with Gasteiger partial charge >= 0.3 is 0 Å². The number of amides is 1. The number of aromatic nitrogens is 2. The van der Waals surface area contributed by atoms with Gasteiger partial charge in [0.05, 0.1) is 6.04 Å². The average Bonchev–Trinajstić information content (AvgIpc) is 3.17. The van der Waals surface area contributed by atoms with Crippen LogP contribution in [0, 0.1) is 0 Å². The van der Waals surface area contributed by atoms with Gasteiger partial charge in [-0.05, 0) is 37.1 Å². The van der Waals surface area contributed by atoms with Crippen molar-refractivity contribution in [3.8, 4) is 0 Å². The van der Waals surface area contributed by atoms with E-state index in [2.05, 4.69) is 10.3 Å². The van der Waals surface area contributed by atoms with Gasteiger partial charge in [-0.3, -0.25) is 4.79 Å². The fourth-order valence-electron chi connectivity index (χ4n) is 2.51. The van der Waals surface area contributed by atoms with Gasteiger partial charge in [-0.25, -0.2) is 4.98 Å². The number of aryl methyl sites for hydroxylation is 1. The van der Waals surface area contributed by atoms with E-state index in [4.69, 9.17) is 20.8 Å². The molecule has 1 fully saturated rings. The highest BCUT2D eigenvalue weighted by molar-refractivity contribution is 6.29. The zero-order valence-corrected chi connectivity index (χ0v) is 12.3. The molecule has 1 saturated heterocycles. The van der Waals surface area contributed by atoms with Crippen LogP contribution in [0.5, 0.6) is 0 Å². The molecule has 0 saturated carbocycles. The predicted molar refractivity (Wildman–Crippen MR) is 76.2 cm³/mol. The summed E-state index contributed by atoms with van der Waals surface area (Å²) in [6.45, 7) is 3.44.